The van der Waals surface area contributed by atoms with Crippen LogP contribution >= 0.6 is 0 Å². The molecule has 0 saturated carbocycles. The molecule has 0 aliphatic rings. The summed E-state index contributed by atoms with van der Waals surface area (Å²) >= 11 is 0. The minimum atomic E-state index is -0.826. The zero-order valence-electron chi connectivity index (χ0n) is 9.43. The molecule has 0 aliphatic carbocycles. The van der Waals surface area contributed by atoms with E-state index in [9.17, 15) is 0 Å². The van der Waals surface area contributed by atoms with E-state index in [1.165, 1.54) is 5.56 Å². The van der Waals surface area contributed by atoms with E-state index in [0.717, 1.165) is 6.42 Å². The summed E-state index contributed by atoms with van der Waals surface area (Å²) in [5.74, 6) is 0.689. The first-order valence-electron chi connectivity index (χ1n) is 5.26. The third-order valence-electron chi connectivity index (χ3n) is 2.17. The van der Waals surface area contributed by atoms with Crippen LogP contribution in [0.2, 0.25) is 0 Å². The van der Waals surface area contributed by atoms with Crippen LogP contribution in [0.5, 0.6) is 5.75 Å². The third-order valence-corrected chi connectivity index (χ3v) is 2.17. The van der Waals surface area contributed by atoms with Crippen molar-refractivity contribution in [3.8, 4) is 5.75 Å². The van der Waals surface area contributed by atoms with Gasteiger partial charge in [0.25, 0.3) is 0 Å². The van der Waals surface area contributed by atoms with Gasteiger partial charge in [0.2, 0.25) is 0 Å². The highest BCUT2D eigenvalue weighted by molar-refractivity contribution is 5.27. The lowest BCUT2D eigenvalue weighted by Crippen LogP contribution is -2.21. The van der Waals surface area contributed by atoms with Gasteiger partial charge < -0.3 is 19.7 Å². The fourth-order valence-corrected chi connectivity index (χ4v) is 1.22. The highest BCUT2D eigenvalue weighted by Crippen LogP contribution is 2.12. The van der Waals surface area contributed by atoms with Crippen LogP contribution in [-0.4, -0.2) is 43.2 Å². The van der Waals surface area contributed by atoms with Crippen molar-refractivity contribution in [2.45, 2.75) is 12.5 Å². The van der Waals surface area contributed by atoms with Crippen LogP contribution in [0.3, 0.4) is 0 Å². The predicted molar refractivity (Wildman–Crippen MR) is 60.6 cm³/mol. The van der Waals surface area contributed by atoms with Crippen LogP contribution in [0.4, 0.5) is 0 Å². The van der Waals surface area contributed by atoms with Crippen molar-refractivity contribution in [2.75, 3.05) is 26.9 Å². The van der Waals surface area contributed by atoms with Gasteiger partial charge in [0, 0.05) is 7.11 Å². The van der Waals surface area contributed by atoms with E-state index in [1.54, 1.807) is 7.11 Å². The molecule has 0 aliphatic heterocycles. The van der Waals surface area contributed by atoms with Crippen molar-refractivity contribution < 1.29 is 19.7 Å². The van der Waals surface area contributed by atoms with E-state index in [4.69, 9.17) is 19.7 Å². The molecule has 4 nitrogen and oxygen atoms in total. The largest absolute Gasteiger partial charge is 0.491 e. The minimum Gasteiger partial charge on any atom is -0.491 e. The second-order valence-corrected chi connectivity index (χ2v) is 3.53. The topological polar surface area (TPSA) is 58.9 Å². The summed E-state index contributed by atoms with van der Waals surface area (Å²) in [6.45, 7) is 0.517. The average Bonchev–Trinajstić information content (AvgIpc) is 2.34. The fraction of sp³-hybridized carbons (Fsp3) is 0.500. The van der Waals surface area contributed by atoms with Gasteiger partial charge in [-0.25, -0.2) is 0 Å². The molecule has 0 fully saturated rings. The van der Waals surface area contributed by atoms with Crippen LogP contribution in [0.15, 0.2) is 24.3 Å². The summed E-state index contributed by atoms with van der Waals surface area (Å²) in [5.41, 5.74) is 1.18. The fourth-order valence-electron chi connectivity index (χ4n) is 1.22. The molecule has 4 heteroatoms. The minimum absolute atomic E-state index is 0.105. The van der Waals surface area contributed by atoms with Gasteiger partial charge in [-0.05, 0) is 24.1 Å². The summed E-state index contributed by atoms with van der Waals surface area (Å²) in [5, 5.41) is 17.7. The molecule has 0 bridgehead atoms. The summed E-state index contributed by atoms with van der Waals surface area (Å²) in [6, 6.07) is 7.60. The zero-order valence-corrected chi connectivity index (χ0v) is 9.43. The molecule has 0 heterocycles. The predicted octanol–water partition coefficient (Wildman–Crippen LogP) is 0.607. The Labute approximate surface area is 95.4 Å². The summed E-state index contributed by atoms with van der Waals surface area (Å²) in [4.78, 5) is 0. The molecule has 1 aromatic carbocycles. The number of hydrogen-bond acceptors (Lipinski definition) is 4. The SMILES string of the molecule is COCCc1ccc(OC[C@H](O)CO)cc1. The van der Waals surface area contributed by atoms with Crippen molar-refractivity contribution in [3.63, 3.8) is 0 Å². The van der Waals surface area contributed by atoms with Crippen molar-refractivity contribution in [3.05, 3.63) is 29.8 Å². The Morgan fingerprint density at radius 2 is 1.94 bits per heavy atom. The zero-order chi connectivity index (χ0) is 11.8. The molecular formula is C12H18O4. The molecular weight excluding hydrogens is 208 g/mol. The molecule has 1 rings (SSSR count). The molecule has 1 aromatic rings. The maximum Gasteiger partial charge on any atom is 0.119 e. The lowest BCUT2D eigenvalue weighted by atomic mass is 10.1. The number of aliphatic hydroxyl groups is 2. The van der Waals surface area contributed by atoms with Gasteiger partial charge in [-0.3, -0.25) is 0 Å². The molecule has 0 aromatic heterocycles. The quantitative estimate of drug-likeness (QED) is 0.715. The van der Waals surface area contributed by atoms with Crippen LogP contribution in [0, 0.1) is 0 Å². The van der Waals surface area contributed by atoms with Gasteiger partial charge in [0.15, 0.2) is 0 Å². The second kappa shape index (κ2) is 7.22. The Bertz CT molecular complexity index is 284. The Balaban J connectivity index is 2.38. The molecule has 0 unspecified atom stereocenters. The van der Waals surface area contributed by atoms with E-state index in [1.807, 2.05) is 24.3 Å². The maximum absolute atomic E-state index is 9.10. The van der Waals surface area contributed by atoms with Crippen LogP contribution < -0.4 is 4.74 Å². The number of methoxy groups -OCH3 is 1. The molecule has 2 N–H and O–H groups in total. The Hall–Kier alpha value is -1.10. The summed E-state index contributed by atoms with van der Waals surface area (Å²) < 4.78 is 10.3. The van der Waals surface area contributed by atoms with Crippen molar-refractivity contribution in [2.24, 2.45) is 0 Å². The third kappa shape index (κ3) is 4.61. The number of ether oxygens (including phenoxy) is 2. The van der Waals surface area contributed by atoms with Crippen LogP contribution in [-0.2, 0) is 11.2 Å². The molecule has 90 valence electrons. The standard InChI is InChI=1S/C12H18O4/c1-15-7-6-10-2-4-12(5-3-10)16-9-11(14)8-13/h2-5,11,13-14H,6-9H2,1H3/t11-/m1/s1. The molecule has 0 amide bonds. The first-order valence-corrected chi connectivity index (χ1v) is 5.26. The van der Waals surface area contributed by atoms with Gasteiger partial charge in [0.05, 0.1) is 13.2 Å². The molecule has 16 heavy (non-hydrogen) atoms. The maximum atomic E-state index is 9.10. The Morgan fingerprint density at radius 1 is 1.25 bits per heavy atom. The first-order chi connectivity index (χ1) is 7.76. The van der Waals surface area contributed by atoms with Crippen molar-refractivity contribution in [1.29, 1.82) is 0 Å². The molecule has 0 radical (unpaired) electrons. The monoisotopic (exact) mass is 226 g/mol. The number of aliphatic hydroxyl groups excluding tert-OH is 2. The smallest absolute Gasteiger partial charge is 0.119 e. The van der Waals surface area contributed by atoms with E-state index in [-0.39, 0.29) is 13.2 Å². The number of benzene rings is 1. The van der Waals surface area contributed by atoms with Gasteiger partial charge in [-0.2, -0.15) is 0 Å². The lowest BCUT2D eigenvalue weighted by Gasteiger charge is -2.10. The van der Waals surface area contributed by atoms with E-state index in [0.29, 0.717) is 12.4 Å². The number of hydrogen-bond donors (Lipinski definition) is 2. The Kier molecular flexibility index (Phi) is 5.85. The summed E-state index contributed by atoms with van der Waals surface area (Å²) in [7, 11) is 1.67. The number of rotatable bonds is 7. The van der Waals surface area contributed by atoms with Crippen molar-refractivity contribution >= 4 is 0 Å². The van der Waals surface area contributed by atoms with Gasteiger partial charge in [-0.1, -0.05) is 12.1 Å². The lowest BCUT2D eigenvalue weighted by molar-refractivity contribution is 0.0536. The summed E-state index contributed by atoms with van der Waals surface area (Å²) in [6.07, 6.45) is 0.0453. The average molecular weight is 226 g/mol. The van der Waals surface area contributed by atoms with Crippen LogP contribution in [0.25, 0.3) is 0 Å². The highest BCUT2D eigenvalue weighted by Gasteiger charge is 2.02. The van der Waals surface area contributed by atoms with E-state index >= 15 is 0 Å². The van der Waals surface area contributed by atoms with Crippen LogP contribution in [0.1, 0.15) is 5.56 Å². The van der Waals surface area contributed by atoms with Gasteiger partial charge in [-0.15, -0.1) is 0 Å². The highest BCUT2D eigenvalue weighted by atomic mass is 16.5. The molecule has 0 spiro atoms. The molecule has 1 atom stereocenters. The van der Waals surface area contributed by atoms with Crippen molar-refractivity contribution in [1.82, 2.24) is 0 Å². The van der Waals surface area contributed by atoms with E-state index in [2.05, 4.69) is 0 Å². The molecule has 0 saturated heterocycles. The second-order valence-electron chi connectivity index (χ2n) is 3.53. The van der Waals surface area contributed by atoms with Gasteiger partial charge in [0.1, 0.15) is 18.5 Å². The normalized spacial score (nSPS) is 12.4. The van der Waals surface area contributed by atoms with Gasteiger partial charge >= 0.3 is 0 Å². The van der Waals surface area contributed by atoms with E-state index < -0.39 is 6.10 Å². The first kappa shape index (κ1) is 13.0. The Morgan fingerprint density at radius 3 is 2.50 bits per heavy atom.